The Morgan fingerprint density at radius 3 is 2.71 bits per heavy atom. The van der Waals surface area contributed by atoms with Crippen molar-refractivity contribution in [3.63, 3.8) is 0 Å². The maximum atomic E-state index is 12.9. The van der Waals surface area contributed by atoms with E-state index in [1.807, 2.05) is 20.8 Å². The maximum Gasteiger partial charge on any atom is 0.127 e. The molecule has 1 aliphatic heterocycles. The molecule has 2 heteroatoms. The summed E-state index contributed by atoms with van der Waals surface area (Å²) >= 11 is 0. The summed E-state index contributed by atoms with van der Waals surface area (Å²) in [5, 5.41) is 0. The molecule has 0 amide bonds. The van der Waals surface area contributed by atoms with Gasteiger partial charge >= 0.3 is 0 Å². The van der Waals surface area contributed by atoms with Crippen LogP contribution in [0.5, 0.6) is 5.75 Å². The van der Waals surface area contributed by atoms with Crippen LogP contribution in [-0.2, 0) is 6.42 Å². The van der Waals surface area contributed by atoms with Gasteiger partial charge < -0.3 is 4.74 Å². The standard InChI is InChI=1S/C10H11FO.C2H6/c1-7-5-8(11)6-10-9(7)3-2-4-12-10;1-2/h5-6H,2-4H2,1H3;1-2H3. The molecule has 1 aromatic rings. The lowest BCUT2D eigenvalue weighted by atomic mass is 10.0. The lowest BCUT2D eigenvalue weighted by molar-refractivity contribution is 0.286. The molecule has 1 aromatic carbocycles. The average Bonchev–Trinajstić information content (AvgIpc) is 2.20. The first kappa shape index (κ1) is 11.0. The summed E-state index contributed by atoms with van der Waals surface area (Å²) in [6, 6.07) is 3.04. The van der Waals surface area contributed by atoms with Gasteiger partial charge in [-0.15, -0.1) is 0 Å². The summed E-state index contributed by atoms with van der Waals surface area (Å²) in [7, 11) is 0. The summed E-state index contributed by atoms with van der Waals surface area (Å²) in [6.45, 7) is 6.65. The number of rotatable bonds is 0. The second-order valence-corrected chi connectivity index (χ2v) is 3.15. The number of hydrogen-bond acceptors (Lipinski definition) is 1. The molecule has 0 radical (unpaired) electrons. The summed E-state index contributed by atoms with van der Waals surface area (Å²) in [4.78, 5) is 0. The van der Waals surface area contributed by atoms with E-state index in [1.54, 1.807) is 6.07 Å². The highest BCUT2D eigenvalue weighted by atomic mass is 19.1. The number of benzene rings is 1. The minimum Gasteiger partial charge on any atom is -0.493 e. The Kier molecular flexibility index (Phi) is 3.93. The number of halogens is 1. The van der Waals surface area contributed by atoms with Gasteiger partial charge in [0.25, 0.3) is 0 Å². The van der Waals surface area contributed by atoms with E-state index in [1.165, 1.54) is 11.6 Å². The van der Waals surface area contributed by atoms with Crippen molar-refractivity contribution in [2.75, 3.05) is 6.61 Å². The van der Waals surface area contributed by atoms with E-state index in [9.17, 15) is 4.39 Å². The molecule has 0 fully saturated rings. The topological polar surface area (TPSA) is 9.23 Å². The molecule has 1 heterocycles. The highest BCUT2D eigenvalue weighted by molar-refractivity contribution is 5.41. The molecule has 14 heavy (non-hydrogen) atoms. The molecule has 0 aromatic heterocycles. The van der Waals surface area contributed by atoms with Gasteiger partial charge in [-0.3, -0.25) is 0 Å². The van der Waals surface area contributed by atoms with Crippen molar-refractivity contribution in [1.82, 2.24) is 0 Å². The second-order valence-electron chi connectivity index (χ2n) is 3.15. The first-order valence-electron chi connectivity index (χ1n) is 5.19. The van der Waals surface area contributed by atoms with E-state index in [2.05, 4.69) is 0 Å². The molecule has 0 saturated carbocycles. The summed E-state index contributed by atoms with van der Waals surface area (Å²) in [6.07, 6.45) is 2.06. The molecule has 0 unspecified atom stereocenters. The van der Waals surface area contributed by atoms with Crippen molar-refractivity contribution in [1.29, 1.82) is 0 Å². The lowest BCUT2D eigenvalue weighted by Gasteiger charge is -2.18. The normalized spacial score (nSPS) is 13.4. The second kappa shape index (κ2) is 4.99. The predicted molar refractivity (Wildman–Crippen MR) is 56.3 cm³/mol. The molecule has 0 bridgehead atoms. The van der Waals surface area contributed by atoms with E-state index in [4.69, 9.17) is 4.74 Å². The number of ether oxygens (including phenoxy) is 1. The van der Waals surface area contributed by atoms with Crippen LogP contribution in [0.2, 0.25) is 0 Å². The van der Waals surface area contributed by atoms with Crippen molar-refractivity contribution in [2.24, 2.45) is 0 Å². The fourth-order valence-electron chi connectivity index (χ4n) is 1.62. The third-order valence-corrected chi connectivity index (χ3v) is 2.23. The summed E-state index contributed by atoms with van der Waals surface area (Å²) < 4.78 is 18.2. The zero-order chi connectivity index (χ0) is 10.6. The zero-order valence-electron chi connectivity index (χ0n) is 9.06. The minimum absolute atomic E-state index is 0.201. The summed E-state index contributed by atoms with van der Waals surface area (Å²) in [5.74, 6) is 0.534. The van der Waals surface area contributed by atoms with Gasteiger partial charge in [0.15, 0.2) is 0 Å². The molecule has 78 valence electrons. The van der Waals surface area contributed by atoms with Crippen LogP contribution in [0, 0.1) is 12.7 Å². The fourth-order valence-corrected chi connectivity index (χ4v) is 1.62. The van der Waals surface area contributed by atoms with Crippen LogP contribution in [0.15, 0.2) is 12.1 Å². The Morgan fingerprint density at radius 2 is 2.00 bits per heavy atom. The molecular formula is C12H17FO. The minimum atomic E-state index is -0.201. The Hall–Kier alpha value is -1.05. The molecular weight excluding hydrogens is 179 g/mol. The van der Waals surface area contributed by atoms with Gasteiger partial charge in [-0.05, 0) is 37.0 Å². The van der Waals surface area contributed by atoms with Crippen molar-refractivity contribution in [2.45, 2.75) is 33.6 Å². The molecule has 2 rings (SSSR count). The van der Waals surface area contributed by atoms with Crippen LogP contribution >= 0.6 is 0 Å². The monoisotopic (exact) mass is 196 g/mol. The van der Waals surface area contributed by atoms with Crippen molar-refractivity contribution in [3.05, 3.63) is 29.1 Å². The molecule has 1 nitrogen and oxygen atoms in total. The molecule has 0 saturated heterocycles. The van der Waals surface area contributed by atoms with E-state index in [0.717, 1.165) is 30.8 Å². The number of fused-ring (bicyclic) bond motifs is 1. The van der Waals surface area contributed by atoms with E-state index in [-0.39, 0.29) is 5.82 Å². The summed E-state index contributed by atoms with van der Waals surface area (Å²) in [5.41, 5.74) is 2.17. The van der Waals surface area contributed by atoms with Crippen molar-refractivity contribution in [3.8, 4) is 5.75 Å². The third kappa shape index (κ3) is 2.25. The SMILES string of the molecule is CC.Cc1cc(F)cc2c1CCCO2. The van der Waals surface area contributed by atoms with Gasteiger partial charge in [0, 0.05) is 6.07 Å². The van der Waals surface area contributed by atoms with E-state index in [0.29, 0.717) is 0 Å². The first-order valence-corrected chi connectivity index (χ1v) is 5.19. The highest BCUT2D eigenvalue weighted by Crippen LogP contribution is 2.28. The number of aryl methyl sites for hydroxylation is 1. The van der Waals surface area contributed by atoms with Crippen LogP contribution in [0.3, 0.4) is 0 Å². The zero-order valence-corrected chi connectivity index (χ0v) is 9.06. The van der Waals surface area contributed by atoms with Gasteiger partial charge in [-0.2, -0.15) is 0 Å². The molecule has 0 aliphatic carbocycles. The van der Waals surface area contributed by atoms with Gasteiger partial charge in [0.2, 0.25) is 0 Å². The molecule has 1 aliphatic rings. The van der Waals surface area contributed by atoms with Gasteiger partial charge in [0.1, 0.15) is 11.6 Å². The van der Waals surface area contributed by atoms with Gasteiger partial charge in [0.05, 0.1) is 6.61 Å². The number of hydrogen-bond donors (Lipinski definition) is 0. The molecule has 0 N–H and O–H groups in total. The van der Waals surface area contributed by atoms with E-state index >= 15 is 0 Å². The van der Waals surface area contributed by atoms with Gasteiger partial charge in [-0.1, -0.05) is 13.8 Å². The van der Waals surface area contributed by atoms with Crippen LogP contribution in [0.1, 0.15) is 31.4 Å². The Balaban J connectivity index is 0.000000461. The van der Waals surface area contributed by atoms with Crippen LogP contribution in [0.25, 0.3) is 0 Å². The Bertz CT molecular complexity index is 307. The average molecular weight is 196 g/mol. The quantitative estimate of drug-likeness (QED) is 0.617. The Morgan fingerprint density at radius 1 is 1.29 bits per heavy atom. The molecule has 0 atom stereocenters. The maximum absolute atomic E-state index is 12.9. The van der Waals surface area contributed by atoms with Crippen LogP contribution < -0.4 is 4.74 Å². The van der Waals surface area contributed by atoms with Crippen LogP contribution in [0.4, 0.5) is 4.39 Å². The van der Waals surface area contributed by atoms with E-state index < -0.39 is 0 Å². The predicted octanol–water partition coefficient (Wildman–Crippen LogP) is 3.49. The fraction of sp³-hybridized carbons (Fsp3) is 0.500. The smallest absolute Gasteiger partial charge is 0.127 e. The third-order valence-electron chi connectivity index (χ3n) is 2.23. The van der Waals surface area contributed by atoms with Crippen LogP contribution in [-0.4, -0.2) is 6.61 Å². The Labute approximate surface area is 84.9 Å². The van der Waals surface area contributed by atoms with Crippen molar-refractivity contribution >= 4 is 0 Å². The molecule has 0 spiro atoms. The highest BCUT2D eigenvalue weighted by Gasteiger charge is 2.13. The van der Waals surface area contributed by atoms with Crippen molar-refractivity contribution < 1.29 is 9.13 Å². The lowest BCUT2D eigenvalue weighted by Crippen LogP contribution is -2.09. The van der Waals surface area contributed by atoms with Gasteiger partial charge in [-0.25, -0.2) is 4.39 Å². The largest absolute Gasteiger partial charge is 0.493 e. The first-order chi connectivity index (χ1) is 6.77.